The Hall–Kier alpha value is -1.16. The lowest BCUT2D eigenvalue weighted by atomic mass is 9.88. The summed E-state index contributed by atoms with van der Waals surface area (Å²) in [5, 5.41) is 10.5. The lowest BCUT2D eigenvalue weighted by Gasteiger charge is -2.23. The van der Waals surface area contributed by atoms with Gasteiger partial charge >= 0.3 is 5.97 Å². The Morgan fingerprint density at radius 3 is 2.23 bits per heavy atom. The van der Waals surface area contributed by atoms with Crippen molar-refractivity contribution >= 4 is 11.8 Å². The third-order valence-corrected chi connectivity index (χ3v) is 4.78. The first-order valence-corrected chi connectivity index (χ1v) is 10.5. The van der Waals surface area contributed by atoms with Gasteiger partial charge in [0.25, 0.3) is 0 Å². The molecule has 0 bridgehead atoms. The van der Waals surface area contributed by atoms with Crippen molar-refractivity contribution in [3.63, 3.8) is 0 Å². The van der Waals surface area contributed by atoms with Crippen LogP contribution in [0.4, 0.5) is 0 Å². The first-order valence-electron chi connectivity index (χ1n) is 10.5. The molecule has 1 N–H and O–H groups in total. The third-order valence-electron chi connectivity index (χ3n) is 4.78. The Labute approximate surface area is 160 Å². The smallest absolute Gasteiger partial charge is 0.305 e. The normalized spacial score (nSPS) is 13.7. The van der Waals surface area contributed by atoms with E-state index >= 15 is 0 Å². The number of aliphatic hydroxyl groups is 1. The van der Waals surface area contributed by atoms with Gasteiger partial charge in [0, 0.05) is 12.8 Å². The molecule has 0 aromatic heterocycles. The SMILES string of the molecule is CCCCCC[C@@](O)(C/C=C\CCCCCCCC(=O)OCC)C(C)=O. The lowest BCUT2D eigenvalue weighted by Crippen LogP contribution is -2.36. The first-order chi connectivity index (χ1) is 12.5. The van der Waals surface area contributed by atoms with Gasteiger partial charge in [-0.1, -0.05) is 64.0 Å². The molecule has 26 heavy (non-hydrogen) atoms. The van der Waals surface area contributed by atoms with Crippen molar-refractivity contribution in [3.05, 3.63) is 12.2 Å². The molecule has 0 aliphatic carbocycles. The summed E-state index contributed by atoms with van der Waals surface area (Å²) in [5.41, 5.74) is -1.18. The number of carbonyl (C=O) groups is 2. The van der Waals surface area contributed by atoms with Gasteiger partial charge in [0.2, 0.25) is 0 Å². The van der Waals surface area contributed by atoms with Crippen LogP contribution in [0.5, 0.6) is 0 Å². The number of allylic oxidation sites excluding steroid dienone is 1. The van der Waals surface area contributed by atoms with Crippen LogP contribution in [-0.4, -0.2) is 29.1 Å². The van der Waals surface area contributed by atoms with Gasteiger partial charge in [-0.05, 0) is 39.5 Å². The number of ketones is 1. The van der Waals surface area contributed by atoms with E-state index < -0.39 is 5.60 Å². The van der Waals surface area contributed by atoms with Gasteiger partial charge in [-0.3, -0.25) is 9.59 Å². The van der Waals surface area contributed by atoms with Gasteiger partial charge in [0.1, 0.15) is 5.60 Å². The Bertz CT molecular complexity index is 403. The quantitative estimate of drug-likeness (QED) is 0.209. The van der Waals surface area contributed by atoms with Crippen LogP contribution in [0, 0.1) is 0 Å². The van der Waals surface area contributed by atoms with Gasteiger partial charge in [-0.25, -0.2) is 0 Å². The van der Waals surface area contributed by atoms with Crippen molar-refractivity contribution in [3.8, 4) is 0 Å². The molecule has 1 atom stereocenters. The van der Waals surface area contributed by atoms with Crippen molar-refractivity contribution < 1.29 is 19.4 Å². The average Bonchev–Trinajstić information content (AvgIpc) is 2.60. The predicted octanol–water partition coefficient (Wildman–Crippen LogP) is 5.52. The summed E-state index contributed by atoms with van der Waals surface area (Å²) in [5.74, 6) is -0.219. The maximum absolute atomic E-state index is 11.8. The molecule has 0 fully saturated rings. The van der Waals surface area contributed by atoms with E-state index in [1.165, 1.54) is 6.92 Å². The van der Waals surface area contributed by atoms with Crippen LogP contribution < -0.4 is 0 Å². The number of unbranched alkanes of at least 4 members (excludes halogenated alkanes) is 8. The summed E-state index contributed by atoms with van der Waals surface area (Å²) in [6, 6.07) is 0. The Kier molecular flexibility index (Phi) is 15.3. The van der Waals surface area contributed by atoms with E-state index in [1.54, 1.807) is 0 Å². The number of ether oxygens (including phenoxy) is 1. The van der Waals surface area contributed by atoms with Crippen molar-refractivity contribution in [2.45, 2.75) is 110 Å². The van der Waals surface area contributed by atoms with E-state index in [9.17, 15) is 14.7 Å². The van der Waals surface area contributed by atoms with E-state index in [-0.39, 0.29) is 11.8 Å². The monoisotopic (exact) mass is 368 g/mol. The van der Waals surface area contributed by atoms with E-state index in [4.69, 9.17) is 4.74 Å². The van der Waals surface area contributed by atoms with Gasteiger partial charge in [0.05, 0.1) is 6.61 Å². The number of esters is 1. The highest BCUT2D eigenvalue weighted by atomic mass is 16.5. The lowest BCUT2D eigenvalue weighted by molar-refractivity contribution is -0.143. The summed E-state index contributed by atoms with van der Waals surface area (Å²) in [4.78, 5) is 23.0. The molecule has 0 amide bonds. The molecule has 0 heterocycles. The number of Topliss-reactive ketones (excluding diaryl/α,β-unsaturated/α-hetero) is 1. The fourth-order valence-electron chi connectivity index (χ4n) is 2.96. The molecule has 0 saturated carbocycles. The molecular weight excluding hydrogens is 328 g/mol. The second-order valence-corrected chi connectivity index (χ2v) is 7.19. The molecule has 152 valence electrons. The van der Waals surface area contributed by atoms with Crippen LogP contribution in [0.3, 0.4) is 0 Å². The van der Waals surface area contributed by atoms with Crippen LogP contribution >= 0.6 is 0 Å². The number of carbonyl (C=O) groups excluding carboxylic acids is 2. The summed E-state index contributed by atoms with van der Waals surface area (Å²) in [6.45, 7) is 5.93. The van der Waals surface area contributed by atoms with Crippen LogP contribution in [0.25, 0.3) is 0 Å². The van der Waals surface area contributed by atoms with Crippen LogP contribution in [0.15, 0.2) is 12.2 Å². The Morgan fingerprint density at radius 1 is 0.923 bits per heavy atom. The van der Waals surface area contributed by atoms with Gasteiger partial charge < -0.3 is 9.84 Å². The van der Waals surface area contributed by atoms with Crippen molar-refractivity contribution in [2.24, 2.45) is 0 Å². The number of hydrogen-bond donors (Lipinski definition) is 1. The average molecular weight is 369 g/mol. The third kappa shape index (κ3) is 13.1. The van der Waals surface area contributed by atoms with Gasteiger partial charge in [-0.2, -0.15) is 0 Å². The Morgan fingerprint density at radius 2 is 1.58 bits per heavy atom. The molecule has 4 heteroatoms. The molecule has 0 spiro atoms. The number of rotatable bonds is 17. The molecule has 4 nitrogen and oxygen atoms in total. The van der Waals surface area contributed by atoms with E-state index in [0.717, 1.165) is 64.2 Å². The Balaban J connectivity index is 3.78. The topological polar surface area (TPSA) is 63.6 Å². The molecule has 0 aromatic rings. The molecule has 0 saturated heterocycles. The van der Waals surface area contributed by atoms with Gasteiger partial charge in [0.15, 0.2) is 5.78 Å². The van der Waals surface area contributed by atoms with Crippen LogP contribution in [-0.2, 0) is 14.3 Å². The highest BCUT2D eigenvalue weighted by Crippen LogP contribution is 2.22. The minimum Gasteiger partial charge on any atom is -0.466 e. The summed E-state index contributed by atoms with van der Waals surface area (Å²) < 4.78 is 4.90. The van der Waals surface area contributed by atoms with E-state index in [2.05, 4.69) is 13.0 Å². The molecule has 0 aliphatic rings. The largest absolute Gasteiger partial charge is 0.466 e. The highest BCUT2D eigenvalue weighted by Gasteiger charge is 2.30. The van der Waals surface area contributed by atoms with Crippen molar-refractivity contribution in [2.75, 3.05) is 6.61 Å². The summed E-state index contributed by atoms with van der Waals surface area (Å²) in [7, 11) is 0. The van der Waals surface area contributed by atoms with Crippen LogP contribution in [0.1, 0.15) is 104 Å². The molecule has 0 aliphatic heterocycles. The molecular formula is C22H40O4. The fourth-order valence-corrected chi connectivity index (χ4v) is 2.96. The minimum absolute atomic E-state index is 0.0944. The highest BCUT2D eigenvalue weighted by molar-refractivity contribution is 5.84. The van der Waals surface area contributed by atoms with E-state index in [0.29, 0.717) is 25.9 Å². The fraction of sp³-hybridized carbons (Fsp3) is 0.818. The molecule has 0 aromatic carbocycles. The molecule has 0 radical (unpaired) electrons. The van der Waals surface area contributed by atoms with Crippen molar-refractivity contribution in [1.29, 1.82) is 0 Å². The second-order valence-electron chi connectivity index (χ2n) is 7.19. The maximum atomic E-state index is 11.8. The summed E-state index contributed by atoms with van der Waals surface area (Å²) in [6.07, 6.45) is 16.1. The standard InChI is InChI=1S/C22H40O4/c1-4-6-7-15-18-22(25,20(3)23)19-16-13-11-9-8-10-12-14-17-21(24)26-5-2/h13,16,25H,4-12,14-15,17-19H2,1-3H3/b16-13-/t22-/m1/s1. The zero-order chi connectivity index (χ0) is 19.7. The predicted molar refractivity (Wildman–Crippen MR) is 107 cm³/mol. The van der Waals surface area contributed by atoms with Crippen molar-refractivity contribution in [1.82, 2.24) is 0 Å². The minimum atomic E-state index is -1.18. The van der Waals surface area contributed by atoms with E-state index in [1.807, 2.05) is 13.0 Å². The number of hydrogen-bond acceptors (Lipinski definition) is 4. The van der Waals surface area contributed by atoms with Gasteiger partial charge in [-0.15, -0.1) is 0 Å². The molecule has 0 unspecified atom stereocenters. The first kappa shape index (κ1) is 24.8. The second kappa shape index (κ2) is 16.0. The zero-order valence-electron chi connectivity index (χ0n) is 17.2. The van der Waals surface area contributed by atoms with Crippen LogP contribution in [0.2, 0.25) is 0 Å². The zero-order valence-corrected chi connectivity index (χ0v) is 17.2. The molecule has 0 rings (SSSR count). The maximum Gasteiger partial charge on any atom is 0.305 e. The summed E-state index contributed by atoms with van der Waals surface area (Å²) >= 11 is 0.